The molecule has 0 atom stereocenters. The molecule has 0 radical (unpaired) electrons. The van der Waals surface area contributed by atoms with Gasteiger partial charge in [0.15, 0.2) is 0 Å². The van der Waals surface area contributed by atoms with E-state index in [4.69, 9.17) is 21.7 Å². The van der Waals surface area contributed by atoms with E-state index in [-0.39, 0.29) is 5.91 Å². The van der Waals surface area contributed by atoms with Crippen molar-refractivity contribution < 1.29 is 14.3 Å². The number of hydrogen-bond acceptors (Lipinski definition) is 5. The smallest absolute Gasteiger partial charge is 0.265 e. The number of carbonyl (C=O) groups excluding carboxylic acids is 1. The minimum Gasteiger partial charge on any atom is -0.490 e. The molecule has 0 saturated carbocycles. The maximum atomic E-state index is 12.2. The largest absolute Gasteiger partial charge is 0.490 e. The van der Waals surface area contributed by atoms with E-state index in [1.54, 1.807) is 13.1 Å². The summed E-state index contributed by atoms with van der Waals surface area (Å²) in [6.45, 7) is 0.822. The van der Waals surface area contributed by atoms with Crippen LogP contribution in [-0.4, -0.2) is 35.4 Å². The van der Waals surface area contributed by atoms with Gasteiger partial charge >= 0.3 is 0 Å². The van der Waals surface area contributed by atoms with Crippen molar-refractivity contribution in [3.8, 4) is 11.5 Å². The SMILES string of the molecule is CN1C(=O)/C(=C\c2cc(Br)ccc2OCCOc2ccccc2)SC1=S. The molecule has 1 aliphatic rings. The predicted octanol–water partition coefficient (Wildman–Crippen LogP) is 4.74. The van der Waals surface area contributed by atoms with Crippen molar-refractivity contribution in [1.82, 2.24) is 4.90 Å². The molecule has 0 bridgehead atoms. The van der Waals surface area contributed by atoms with Crippen LogP contribution in [0.5, 0.6) is 11.5 Å². The summed E-state index contributed by atoms with van der Waals surface area (Å²) < 4.78 is 13.0. The zero-order chi connectivity index (χ0) is 18.5. The van der Waals surface area contributed by atoms with Crippen LogP contribution < -0.4 is 9.47 Å². The van der Waals surface area contributed by atoms with E-state index in [1.807, 2.05) is 48.5 Å². The van der Waals surface area contributed by atoms with E-state index in [1.165, 1.54) is 16.7 Å². The first-order chi connectivity index (χ1) is 12.5. The summed E-state index contributed by atoms with van der Waals surface area (Å²) in [5, 5.41) is 0. The van der Waals surface area contributed by atoms with Crippen LogP contribution in [0.15, 0.2) is 57.9 Å². The zero-order valence-corrected chi connectivity index (χ0v) is 17.2. The summed E-state index contributed by atoms with van der Waals surface area (Å²) >= 11 is 9.92. The molecular formula is C19H16BrNO3S2. The molecule has 2 aromatic rings. The molecule has 134 valence electrons. The molecule has 26 heavy (non-hydrogen) atoms. The van der Waals surface area contributed by atoms with Crippen LogP contribution in [0.25, 0.3) is 6.08 Å². The maximum Gasteiger partial charge on any atom is 0.265 e. The predicted molar refractivity (Wildman–Crippen MR) is 113 cm³/mol. The van der Waals surface area contributed by atoms with E-state index in [9.17, 15) is 4.79 Å². The van der Waals surface area contributed by atoms with E-state index < -0.39 is 0 Å². The lowest BCUT2D eigenvalue weighted by atomic mass is 10.2. The summed E-state index contributed by atoms with van der Waals surface area (Å²) in [5.74, 6) is 1.39. The summed E-state index contributed by atoms with van der Waals surface area (Å²) in [4.78, 5) is 14.3. The molecule has 4 nitrogen and oxygen atoms in total. The average Bonchev–Trinajstić information content (AvgIpc) is 2.88. The number of para-hydroxylation sites is 1. The third-order valence-electron chi connectivity index (χ3n) is 3.60. The number of carbonyl (C=O) groups is 1. The van der Waals surface area contributed by atoms with Gasteiger partial charge in [-0.25, -0.2) is 0 Å². The quantitative estimate of drug-likeness (QED) is 0.361. The summed E-state index contributed by atoms with van der Waals surface area (Å²) in [6, 6.07) is 15.3. The monoisotopic (exact) mass is 449 g/mol. The molecule has 0 unspecified atom stereocenters. The van der Waals surface area contributed by atoms with Crippen LogP contribution in [0.1, 0.15) is 5.56 Å². The number of hydrogen-bond donors (Lipinski definition) is 0. The highest BCUT2D eigenvalue weighted by atomic mass is 79.9. The van der Waals surface area contributed by atoms with Crippen molar-refractivity contribution in [3.63, 3.8) is 0 Å². The number of halogens is 1. The lowest BCUT2D eigenvalue weighted by molar-refractivity contribution is -0.121. The Kier molecular flexibility index (Phi) is 6.34. The molecular weight excluding hydrogens is 434 g/mol. The van der Waals surface area contributed by atoms with Gasteiger partial charge in [0.25, 0.3) is 5.91 Å². The van der Waals surface area contributed by atoms with E-state index in [0.717, 1.165) is 15.8 Å². The molecule has 0 aromatic heterocycles. The Morgan fingerprint density at radius 2 is 1.88 bits per heavy atom. The Balaban J connectivity index is 1.68. The lowest BCUT2D eigenvalue weighted by Gasteiger charge is -2.11. The second-order valence-corrected chi connectivity index (χ2v) is 8.02. The van der Waals surface area contributed by atoms with Crippen LogP contribution in [-0.2, 0) is 4.79 Å². The minimum absolute atomic E-state index is 0.0988. The molecule has 1 heterocycles. The Morgan fingerprint density at radius 1 is 1.15 bits per heavy atom. The third-order valence-corrected chi connectivity index (χ3v) is 5.58. The van der Waals surface area contributed by atoms with E-state index in [0.29, 0.717) is 28.2 Å². The number of thiocarbonyl (C=S) groups is 1. The molecule has 7 heteroatoms. The Labute approximate surface area is 170 Å². The van der Waals surface area contributed by atoms with Crippen molar-refractivity contribution in [1.29, 1.82) is 0 Å². The fraction of sp³-hybridized carbons (Fsp3) is 0.158. The highest BCUT2D eigenvalue weighted by Gasteiger charge is 2.28. The topological polar surface area (TPSA) is 38.8 Å². The molecule has 0 spiro atoms. The molecule has 2 aromatic carbocycles. The Hall–Kier alpha value is -1.83. The van der Waals surface area contributed by atoms with Crippen LogP contribution in [0.4, 0.5) is 0 Å². The first-order valence-electron chi connectivity index (χ1n) is 7.86. The van der Waals surface area contributed by atoms with Crippen molar-refractivity contribution in [2.75, 3.05) is 20.3 Å². The first-order valence-corrected chi connectivity index (χ1v) is 9.88. The van der Waals surface area contributed by atoms with Crippen molar-refractivity contribution >= 4 is 56.2 Å². The van der Waals surface area contributed by atoms with Gasteiger partial charge in [0.1, 0.15) is 29.0 Å². The van der Waals surface area contributed by atoms with Gasteiger partial charge in [-0.15, -0.1) is 0 Å². The first kappa shape index (κ1) is 18.9. The number of thioether (sulfide) groups is 1. The van der Waals surface area contributed by atoms with Gasteiger partial charge in [-0.05, 0) is 36.4 Å². The van der Waals surface area contributed by atoms with Crippen LogP contribution in [0.3, 0.4) is 0 Å². The number of amides is 1. The standard InChI is InChI=1S/C19H16BrNO3S2/c1-21-18(22)17(26-19(21)25)12-13-11-14(20)7-8-16(13)24-10-9-23-15-5-3-2-4-6-15/h2-8,11-12H,9-10H2,1H3/b17-12+. The molecule has 0 N–H and O–H groups in total. The summed E-state index contributed by atoms with van der Waals surface area (Å²) in [6.07, 6.45) is 1.81. The van der Waals surface area contributed by atoms with Crippen LogP contribution in [0, 0.1) is 0 Å². The number of likely N-dealkylation sites (N-methyl/N-ethyl adjacent to an activating group) is 1. The minimum atomic E-state index is -0.0988. The highest BCUT2D eigenvalue weighted by Crippen LogP contribution is 2.34. The Morgan fingerprint density at radius 3 is 2.58 bits per heavy atom. The molecule has 1 fully saturated rings. The van der Waals surface area contributed by atoms with Crippen molar-refractivity contribution in [2.24, 2.45) is 0 Å². The lowest BCUT2D eigenvalue weighted by Crippen LogP contribution is -2.22. The van der Waals surface area contributed by atoms with Crippen molar-refractivity contribution in [2.45, 2.75) is 0 Å². The van der Waals surface area contributed by atoms with Gasteiger partial charge in [0.2, 0.25) is 0 Å². The van der Waals surface area contributed by atoms with Crippen LogP contribution >= 0.6 is 39.9 Å². The number of ether oxygens (including phenoxy) is 2. The van der Waals surface area contributed by atoms with Gasteiger partial charge in [-0.3, -0.25) is 9.69 Å². The fourth-order valence-corrected chi connectivity index (χ4v) is 3.83. The van der Waals surface area contributed by atoms with Gasteiger partial charge in [-0.2, -0.15) is 0 Å². The maximum absolute atomic E-state index is 12.2. The van der Waals surface area contributed by atoms with Gasteiger partial charge < -0.3 is 9.47 Å². The van der Waals surface area contributed by atoms with Gasteiger partial charge in [-0.1, -0.05) is 58.1 Å². The molecule has 1 amide bonds. The normalized spacial score (nSPS) is 15.6. The number of benzene rings is 2. The zero-order valence-electron chi connectivity index (χ0n) is 14.0. The summed E-state index contributed by atoms with van der Waals surface area (Å²) in [7, 11) is 1.68. The highest BCUT2D eigenvalue weighted by molar-refractivity contribution is 9.10. The molecule has 1 aliphatic heterocycles. The van der Waals surface area contributed by atoms with E-state index >= 15 is 0 Å². The van der Waals surface area contributed by atoms with Gasteiger partial charge in [0.05, 0.1) is 4.91 Å². The van der Waals surface area contributed by atoms with E-state index in [2.05, 4.69) is 15.9 Å². The number of rotatable bonds is 6. The molecule has 3 rings (SSSR count). The summed E-state index contributed by atoms with van der Waals surface area (Å²) in [5.41, 5.74) is 0.813. The van der Waals surface area contributed by atoms with Crippen molar-refractivity contribution in [3.05, 3.63) is 63.5 Å². The van der Waals surface area contributed by atoms with Gasteiger partial charge in [0, 0.05) is 17.1 Å². The number of nitrogens with zero attached hydrogens (tertiary/aromatic N) is 1. The van der Waals surface area contributed by atoms with Crippen LogP contribution in [0.2, 0.25) is 0 Å². The Bertz CT molecular complexity index is 855. The fourth-order valence-electron chi connectivity index (χ4n) is 2.28. The average molecular weight is 450 g/mol. The third kappa shape index (κ3) is 4.66. The second-order valence-electron chi connectivity index (χ2n) is 5.43. The second kappa shape index (κ2) is 8.70. The molecule has 0 aliphatic carbocycles. The molecule has 1 saturated heterocycles.